The highest BCUT2D eigenvalue weighted by Crippen LogP contribution is 2.32. The van der Waals surface area contributed by atoms with Crippen LogP contribution in [-0.4, -0.2) is 68.7 Å². The van der Waals surface area contributed by atoms with E-state index in [4.69, 9.17) is 35.3 Å². The number of aromatic nitrogens is 2. The Morgan fingerprint density at radius 1 is 1.21 bits per heavy atom. The molecule has 3 unspecified atom stereocenters. The van der Waals surface area contributed by atoms with E-state index in [-0.39, 0.29) is 29.7 Å². The molecular formula is C27H28ClN3O12. The van der Waals surface area contributed by atoms with Crippen LogP contribution in [0, 0.1) is 10.1 Å². The molecule has 1 saturated heterocycles. The maximum atomic E-state index is 12.3. The molecule has 43 heavy (non-hydrogen) atoms. The predicted octanol–water partition coefficient (Wildman–Crippen LogP) is 2.05. The van der Waals surface area contributed by atoms with E-state index in [1.54, 1.807) is 25.1 Å². The molecule has 0 amide bonds. The summed E-state index contributed by atoms with van der Waals surface area (Å²) in [5.41, 5.74) is -0.177. The first-order valence-corrected chi connectivity index (χ1v) is 13.3. The van der Waals surface area contributed by atoms with Crippen LogP contribution >= 0.6 is 11.6 Å². The molecule has 0 radical (unpaired) electrons. The van der Waals surface area contributed by atoms with Gasteiger partial charge in [-0.15, -0.1) is 0 Å². The summed E-state index contributed by atoms with van der Waals surface area (Å²) in [6.07, 6.45) is -5.02. The molecule has 2 aromatic carbocycles. The number of non-ortho nitro benzene ring substituents is 1. The number of nitrogens with one attached hydrogen (secondary N) is 1. The molecule has 5 atom stereocenters. The van der Waals surface area contributed by atoms with Crippen LogP contribution in [-0.2, 0) is 32.0 Å². The van der Waals surface area contributed by atoms with E-state index >= 15 is 0 Å². The lowest BCUT2D eigenvalue weighted by molar-refractivity contribution is -0.384. The number of halogens is 1. The minimum Gasteiger partial charge on any atom is -0.434 e. The molecule has 1 aliphatic rings. The Bertz CT molecular complexity index is 1540. The first-order chi connectivity index (χ1) is 20.5. The van der Waals surface area contributed by atoms with Crippen molar-refractivity contribution < 1.29 is 43.6 Å². The topological polar surface area (TPSA) is 202 Å². The number of carbonyl (C=O) groups is 1. The fourth-order valence-corrected chi connectivity index (χ4v) is 4.43. The largest absolute Gasteiger partial charge is 0.513 e. The third kappa shape index (κ3) is 8.25. The molecule has 2 heterocycles. The first-order valence-electron chi connectivity index (χ1n) is 12.9. The van der Waals surface area contributed by atoms with Gasteiger partial charge in [-0.05, 0) is 24.1 Å². The van der Waals surface area contributed by atoms with Gasteiger partial charge in [-0.1, -0.05) is 29.8 Å². The lowest BCUT2D eigenvalue weighted by Gasteiger charge is -2.25. The standard InChI is InChI=1S/C27H28ClN3O12/c1-15(41-24-23(34)21(13-32)43-25(24)30-10-8-22(33)29-26(30)35)40-14-17-4-7-19(12-20(17)28)42-27(36)39-11-9-16-2-5-18(6-3-16)31(37)38/h2-8,10,12,15,21,23-25,32,34H,9,11,13-14H2,1H3,(H,29,33,35)/t15?,21-,23?,24?,25-/m0/s1. The van der Waals surface area contributed by atoms with Gasteiger partial charge < -0.3 is 33.9 Å². The number of aliphatic hydroxyl groups excluding tert-OH is 2. The normalized spacial score (nSPS) is 20.5. The van der Waals surface area contributed by atoms with Crippen LogP contribution in [0.3, 0.4) is 0 Å². The van der Waals surface area contributed by atoms with Crippen molar-refractivity contribution in [3.8, 4) is 5.75 Å². The van der Waals surface area contributed by atoms with Crippen molar-refractivity contribution >= 4 is 23.4 Å². The Morgan fingerprint density at radius 3 is 2.60 bits per heavy atom. The minimum atomic E-state index is -1.31. The number of nitro benzene ring substituents is 1. The van der Waals surface area contributed by atoms with E-state index in [1.807, 2.05) is 0 Å². The van der Waals surface area contributed by atoms with E-state index in [2.05, 4.69) is 4.98 Å². The first kappa shape index (κ1) is 31.8. The maximum Gasteiger partial charge on any atom is 0.513 e. The zero-order valence-electron chi connectivity index (χ0n) is 22.7. The highest BCUT2D eigenvalue weighted by atomic mass is 35.5. The molecule has 4 rings (SSSR count). The highest BCUT2D eigenvalue weighted by molar-refractivity contribution is 6.31. The van der Waals surface area contributed by atoms with Gasteiger partial charge in [-0.3, -0.25) is 24.5 Å². The van der Waals surface area contributed by atoms with Crippen LogP contribution in [0.1, 0.15) is 24.3 Å². The summed E-state index contributed by atoms with van der Waals surface area (Å²) >= 11 is 6.32. The van der Waals surface area contributed by atoms with Crippen molar-refractivity contribution in [3.05, 3.63) is 102 Å². The monoisotopic (exact) mass is 621 g/mol. The van der Waals surface area contributed by atoms with Gasteiger partial charge in [0.05, 0.1) is 24.7 Å². The Morgan fingerprint density at radius 2 is 1.95 bits per heavy atom. The Hall–Kier alpha value is -4.12. The highest BCUT2D eigenvalue weighted by Gasteiger charge is 2.46. The molecule has 15 nitrogen and oxygen atoms in total. The number of hydrogen-bond donors (Lipinski definition) is 3. The van der Waals surface area contributed by atoms with Gasteiger partial charge in [-0.25, -0.2) is 9.59 Å². The second-order valence-corrected chi connectivity index (χ2v) is 9.77. The average molecular weight is 622 g/mol. The molecule has 230 valence electrons. The van der Waals surface area contributed by atoms with E-state index in [1.165, 1.54) is 30.5 Å². The van der Waals surface area contributed by atoms with Gasteiger partial charge in [0, 0.05) is 41.9 Å². The maximum absolute atomic E-state index is 12.3. The number of hydrogen-bond acceptors (Lipinski definition) is 12. The Labute approximate surface area is 248 Å². The number of ether oxygens (including phenoxy) is 5. The quantitative estimate of drug-likeness (QED) is 0.0874. The third-order valence-electron chi connectivity index (χ3n) is 6.42. The number of carbonyl (C=O) groups excluding carboxylic acids is 1. The number of aromatic amines is 1. The summed E-state index contributed by atoms with van der Waals surface area (Å²) in [6.45, 7) is 0.952. The van der Waals surface area contributed by atoms with Crippen molar-refractivity contribution in [3.63, 3.8) is 0 Å². The summed E-state index contributed by atoms with van der Waals surface area (Å²) in [7, 11) is 0. The van der Waals surface area contributed by atoms with Crippen LogP contribution in [0.25, 0.3) is 0 Å². The lowest BCUT2D eigenvalue weighted by atomic mass is 10.1. The van der Waals surface area contributed by atoms with Gasteiger partial charge in [0.2, 0.25) is 0 Å². The van der Waals surface area contributed by atoms with Gasteiger partial charge in [0.1, 0.15) is 24.1 Å². The third-order valence-corrected chi connectivity index (χ3v) is 6.78. The molecule has 0 saturated carbocycles. The SMILES string of the molecule is CC(OCc1ccc(OC(=O)OCCc2ccc([N+](=O)[O-])cc2)cc1Cl)OC1C(O)[C@H](CO)O[C@@H]1n1ccc(=O)[nH]c1=O. The summed E-state index contributed by atoms with van der Waals surface area (Å²) in [4.78, 5) is 48.1. The van der Waals surface area contributed by atoms with Crippen LogP contribution in [0.2, 0.25) is 5.02 Å². The van der Waals surface area contributed by atoms with Crippen LogP contribution in [0.5, 0.6) is 5.75 Å². The molecule has 0 bridgehead atoms. The molecular weight excluding hydrogens is 594 g/mol. The van der Waals surface area contributed by atoms with Gasteiger partial charge in [0.25, 0.3) is 11.2 Å². The molecule has 3 N–H and O–H groups in total. The summed E-state index contributed by atoms with van der Waals surface area (Å²) in [6, 6.07) is 11.4. The van der Waals surface area contributed by atoms with Crippen molar-refractivity contribution in [1.82, 2.24) is 9.55 Å². The number of rotatable bonds is 12. The molecule has 1 aliphatic heterocycles. The molecule has 3 aromatic rings. The number of nitro groups is 1. The Balaban J connectivity index is 1.28. The number of H-pyrrole nitrogens is 1. The molecule has 1 fully saturated rings. The summed E-state index contributed by atoms with van der Waals surface area (Å²) in [5.74, 6) is 0.119. The van der Waals surface area contributed by atoms with Crippen molar-refractivity contribution in [1.29, 1.82) is 0 Å². The van der Waals surface area contributed by atoms with Crippen LogP contribution in [0.4, 0.5) is 10.5 Å². The smallest absolute Gasteiger partial charge is 0.434 e. The van der Waals surface area contributed by atoms with E-state index in [0.717, 1.165) is 16.2 Å². The zero-order chi connectivity index (χ0) is 31.1. The van der Waals surface area contributed by atoms with Gasteiger partial charge in [-0.2, -0.15) is 0 Å². The second kappa shape index (κ2) is 14.4. The van der Waals surface area contributed by atoms with Crippen molar-refractivity contribution in [2.45, 2.75) is 50.8 Å². The molecule has 0 spiro atoms. The van der Waals surface area contributed by atoms with Crippen molar-refractivity contribution in [2.75, 3.05) is 13.2 Å². The minimum absolute atomic E-state index is 0.00826. The summed E-state index contributed by atoms with van der Waals surface area (Å²) in [5, 5.41) is 31.1. The molecule has 16 heteroatoms. The zero-order valence-corrected chi connectivity index (χ0v) is 23.4. The van der Waals surface area contributed by atoms with E-state index in [9.17, 15) is 34.7 Å². The number of aliphatic hydroxyl groups is 2. The van der Waals surface area contributed by atoms with Crippen molar-refractivity contribution in [2.24, 2.45) is 0 Å². The van der Waals surface area contributed by atoms with Gasteiger partial charge >= 0.3 is 11.8 Å². The molecule has 0 aliphatic carbocycles. The van der Waals surface area contributed by atoms with E-state index < -0.39 is 59.8 Å². The van der Waals surface area contributed by atoms with E-state index in [0.29, 0.717) is 12.0 Å². The predicted molar refractivity (Wildman–Crippen MR) is 148 cm³/mol. The van der Waals surface area contributed by atoms with Crippen LogP contribution in [0.15, 0.2) is 64.3 Å². The molecule has 1 aromatic heterocycles. The number of benzene rings is 2. The second-order valence-electron chi connectivity index (χ2n) is 9.36. The van der Waals surface area contributed by atoms with Gasteiger partial charge in [0.15, 0.2) is 12.5 Å². The number of nitrogens with zero attached hydrogens (tertiary/aromatic N) is 2. The lowest BCUT2D eigenvalue weighted by Crippen LogP contribution is -2.41. The fraction of sp³-hybridized carbons (Fsp3) is 0.370. The fourth-order valence-electron chi connectivity index (χ4n) is 4.21. The Kier molecular flexibility index (Phi) is 10.6. The summed E-state index contributed by atoms with van der Waals surface area (Å²) < 4.78 is 28.3. The van der Waals surface area contributed by atoms with Crippen LogP contribution < -0.4 is 16.0 Å². The average Bonchev–Trinajstić information content (AvgIpc) is 3.27.